The van der Waals surface area contributed by atoms with Gasteiger partial charge in [0.05, 0.1) is 4.47 Å². The van der Waals surface area contributed by atoms with E-state index in [1.54, 1.807) is 0 Å². The van der Waals surface area contributed by atoms with E-state index in [1.807, 2.05) is 0 Å². The summed E-state index contributed by atoms with van der Waals surface area (Å²) in [6.07, 6.45) is 4.17. The highest BCUT2D eigenvalue weighted by atomic mass is 79.9. The van der Waals surface area contributed by atoms with Gasteiger partial charge >= 0.3 is 0 Å². The minimum atomic E-state index is 0.0249. The predicted octanol–water partition coefficient (Wildman–Crippen LogP) is 2.77. The van der Waals surface area contributed by atoms with Crippen molar-refractivity contribution in [2.75, 3.05) is 6.79 Å². The topological polar surface area (TPSA) is 44.5 Å². The molecule has 17 heavy (non-hydrogen) atoms. The van der Waals surface area contributed by atoms with Gasteiger partial charge in [-0.05, 0) is 58.8 Å². The number of hydrogen-bond donors (Lipinski definition) is 1. The van der Waals surface area contributed by atoms with E-state index in [-0.39, 0.29) is 5.54 Å². The second kappa shape index (κ2) is 3.89. The van der Waals surface area contributed by atoms with E-state index < -0.39 is 0 Å². The van der Waals surface area contributed by atoms with E-state index >= 15 is 0 Å². The Balaban J connectivity index is 2.04. The minimum Gasteiger partial charge on any atom is -0.454 e. The number of halogens is 1. The summed E-state index contributed by atoms with van der Waals surface area (Å²) in [5, 5.41) is 0. The maximum absolute atomic E-state index is 6.21. The summed E-state index contributed by atoms with van der Waals surface area (Å²) >= 11 is 3.63. The molecular weight excluding hydrogens is 282 g/mol. The second-order valence-electron chi connectivity index (χ2n) is 4.95. The van der Waals surface area contributed by atoms with E-state index in [0.717, 1.165) is 41.7 Å². The van der Waals surface area contributed by atoms with Crippen LogP contribution in [0.15, 0.2) is 10.5 Å². The van der Waals surface area contributed by atoms with Crippen molar-refractivity contribution in [1.29, 1.82) is 0 Å². The molecule has 0 saturated heterocycles. The predicted molar refractivity (Wildman–Crippen MR) is 69.5 cm³/mol. The van der Waals surface area contributed by atoms with Crippen LogP contribution in [0.3, 0.4) is 0 Å². The molecule has 0 aromatic heterocycles. The summed E-state index contributed by atoms with van der Waals surface area (Å²) in [6, 6.07) is 2.10. The van der Waals surface area contributed by atoms with Crippen LogP contribution in [0, 0.1) is 0 Å². The minimum absolute atomic E-state index is 0.0249. The van der Waals surface area contributed by atoms with Gasteiger partial charge in [-0.15, -0.1) is 0 Å². The van der Waals surface area contributed by atoms with Gasteiger partial charge in [-0.2, -0.15) is 0 Å². The SMILES string of the molecule is CCc1c(CC2(N)CC2)cc2c(c1Br)OCO2. The van der Waals surface area contributed by atoms with Crippen molar-refractivity contribution in [2.45, 2.75) is 38.1 Å². The quantitative estimate of drug-likeness (QED) is 0.933. The lowest BCUT2D eigenvalue weighted by molar-refractivity contribution is 0.173. The molecule has 3 rings (SSSR count). The molecule has 0 bridgehead atoms. The molecule has 4 heteroatoms. The van der Waals surface area contributed by atoms with Crippen LogP contribution in [-0.2, 0) is 12.8 Å². The largest absolute Gasteiger partial charge is 0.454 e. The first kappa shape index (κ1) is 11.4. The Hall–Kier alpha value is -0.740. The zero-order chi connectivity index (χ0) is 12.0. The number of rotatable bonds is 3. The molecule has 0 atom stereocenters. The fourth-order valence-corrected chi connectivity index (χ4v) is 3.19. The Labute approximate surface area is 109 Å². The van der Waals surface area contributed by atoms with Gasteiger partial charge in [-0.25, -0.2) is 0 Å². The number of nitrogens with two attached hydrogens (primary N) is 1. The van der Waals surface area contributed by atoms with Crippen molar-refractivity contribution < 1.29 is 9.47 Å². The summed E-state index contributed by atoms with van der Waals surface area (Å²) in [6.45, 7) is 2.47. The molecule has 2 aliphatic rings. The van der Waals surface area contributed by atoms with Crippen molar-refractivity contribution in [3.05, 3.63) is 21.7 Å². The van der Waals surface area contributed by atoms with Crippen LogP contribution in [-0.4, -0.2) is 12.3 Å². The monoisotopic (exact) mass is 297 g/mol. The molecule has 1 fully saturated rings. The van der Waals surface area contributed by atoms with Crippen molar-refractivity contribution >= 4 is 15.9 Å². The molecule has 1 aliphatic heterocycles. The molecule has 1 saturated carbocycles. The highest BCUT2D eigenvalue weighted by Gasteiger charge is 2.39. The summed E-state index contributed by atoms with van der Waals surface area (Å²) in [5.41, 5.74) is 8.83. The fraction of sp³-hybridized carbons (Fsp3) is 0.538. The van der Waals surface area contributed by atoms with Gasteiger partial charge < -0.3 is 15.2 Å². The third-order valence-corrected chi connectivity index (χ3v) is 4.43. The molecule has 1 heterocycles. The van der Waals surface area contributed by atoms with E-state index in [2.05, 4.69) is 28.9 Å². The first-order valence-corrected chi connectivity index (χ1v) is 6.81. The van der Waals surface area contributed by atoms with Crippen LogP contribution in [0.5, 0.6) is 11.5 Å². The van der Waals surface area contributed by atoms with Gasteiger partial charge in [-0.3, -0.25) is 0 Å². The number of benzene rings is 1. The highest BCUT2D eigenvalue weighted by Crippen LogP contribution is 2.45. The van der Waals surface area contributed by atoms with Crippen molar-refractivity contribution in [1.82, 2.24) is 0 Å². The van der Waals surface area contributed by atoms with Crippen LogP contribution in [0.2, 0.25) is 0 Å². The maximum atomic E-state index is 6.21. The van der Waals surface area contributed by atoms with E-state index in [0.29, 0.717) is 6.79 Å². The van der Waals surface area contributed by atoms with Gasteiger partial charge in [0.1, 0.15) is 0 Å². The van der Waals surface area contributed by atoms with Crippen LogP contribution >= 0.6 is 15.9 Å². The van der Waals surface area contributed by atoms with E-state index in [1.165, 1.54) is 11.1 Å². The summed E-state index contributed by atoms with van der Waals surface area (Å²) in [5.74, 6) is 1.68. The second-order valence-corrected chi connectivity index (χ2v) is 5.75. The van der Waals surface area contributed by atoms with Crippen LogP contribution in [0.25, 0.3) is 0 Å². The molecular formula is C13H16BrNO2. The average Bonchev–Trinajstić information content (AvgIpc) is 2.83. The normalized spacial score (nSPS) is 19.5. The van der Waals surface area contributed by atoms with Gasteiger partial charge in [0, 0.05) is 5.54 Å². The van der Waals surface area contributed by atoms with Crippen molar-refractivity contribution in [2.24, 2.45) is 5.73 Å². The lowest BCUT2D eigenvalue weighted by atomic mass is 9.97. The Kier molecular flexibility index (Phi) is 2.60. The molecule has 2 N–H and O–H groups in total. The van der Waals surface area contributed by atoms with Crippen molar-refractivity contribution in [3.63, 3.8) is 0 Å². The van der Waals surface area contributed by atoms with Crippen LogP contribution in [0.1, 0.15) is 30.9 Å². The smallest absolute Gasteiger partial charge is 0.231 e. The maximum Gasteiger partial charge on any atom is 0.231 e. The molecule has 1 aromatic carbocycles. The summed E-state index contributed by atoms with van der Waals surface area (Å²) in [4.78, 5) is 0. The average molecular weight is 298 g/mol. The highest BCUT2D eigenvalue weighted by molar-refractivity contribution is 9.10. The Morgan fingerprint density at radius 2 is 2.18 bits per heavy atom. The third-order valence-electron chi connectivity index (χ3n) is 3.59. The lowest BCUT2D eigenvalue weighted by Gasteiger charge is -2.15. The molecule has 0 radical (unpaired) electrons. The molecule has 1 aromatic rings. The number of hydrogen-bond acceptors (Lipinski definition) is 3. The lowest BCUT2D eigenvalue weighted by Crippen LogP contribution is -2.25. The Bertz CT molecular complexity index is 469. The van der Waals surface area contributed by atoms with Crippen molar-refractivity contribution in [3.8, 4) is 11.5 Å². The molecule has 0 unspecified atom stereocenters. The van der Waals surface area contributed by atoms with Gasteiger partial charge in [-0.1, -0.05) is 6.92 Å². The molecule has 0 amide bonds. The molecule has 0 spiro atoms. The molecule has 92 valence electrons. The van der Waals surface area contributed by atoms with Gasteiger partial charge in [0.15, 0.2) is 11.5 Å². The zero-order valence-electron chi connectivity index (χ0n) is 9.88. The first-order valence-electron chi connectivity index (χ1n) is 6.02. The first-order chi connectivity index (χ1) is 8.13. The van der Waals surface area contributed by atoms with Crippen LogP contribution in [0.4, 0.5) is 0 Å². The summed E-state index contributed by atoms with van der Waals surface area (Å²) < 4.78 is 12.0. The van der Waals surface area contributed by atoms with E-state index in [4.69, 9.17) is 15.2 Å². The Morgan fingerprint density at radius 3 is 2.82 bits per heavy atom. The number of ether oxygens (including phenoxy) is 2. The third kappa shape index (κ3) is 1.93. The number of fused-ring (bicyclic) bond motifs is 1. The van der Waals surface area contributed by atoms with E-state index in [9.17, 15) is 0 Å². The fourth-order valence-electron chi connectivity index (χ4n) is 2.35. The Morgan fingerprint density at radius 1 is 1.41 bits per heavy atom. The van der Waals surface area contributed by atoms with Gasteiger partial charge in [0.25, 0.3) is 0 Å². The zero-order valence-corrected chi connectivity index (χ0v) is 11.5. The molecule has 1 aliphatic carbocycles. The van der Waals surface area contributed by atoms with Gasteiger partial charge in [0.2, 0.25) is 6.79 Å². The van der Waals surface area contributed by atoms with Crippen LogP contribution < -0.4 is 15.2 Å². The standard InChI is InChI=1S/C13H16BrNO2/c1-2-9-8(6-13(15)3-4-13)5-10-12(11(9)14)17-7-16-10/h5H,2-4,6-7,15H2,1H3. The molecule has 3 nitrogen and oxygen atoms in total. The summed E-state index contributed by atoms with van der Waals surface area (Å²) in [7, 11) is 0.